The third-order valence-electron chi connectivity index (χ3n) is 3.87. The van der Waals surface area contributed by atoms with Gasteiger partial charge in [0.1, 0.15) is 5.58 Å². The van der Waals surface area contributed by atoms with E-state index in [1.807, 2.05) is 24.3 Å². The van der Waals surface area contributed by atoms with Gasteiger partial charge in [-0.1, -0.05) is 18.2 Å². The Morgan fingerprint density at radius 1 is 1.37 bits per heavy atom. The summed E-state index contributed by atoms with van der Waals surface area (Å²) < 4.78 is 5.51. The monoisotopic (exact) mass is 259 g/mol. The lowest BCUT2D eigenvalue weighted by molar-refractivity contribution is 0.0915. The summed E-state index contributed by atoms with van der Waals surface area (Å²) in [5.74, 6) is 0.168. The van der Waals surface area contributed by atoms with Crippen LogP contribution in [-0.2, 0) is 0 Å². The first kappa shape index (κ1) is 12.2. The molecule has 100 valence electrons. The van der Waals surface area contributed by atoms with Gasteiger partial charge in [0.15, 0.2) is 5.76 Å². The summed E-state index contributed by atoms with van der Waals surface area (Å²) in [6.45, 7) is 0.796. The maximum absolute atomic E-state index is 12.0. The number of hydrogen-bond acceptors (Lipinski definition) is 3. The van der Waals surface area contributed by atoms with E-state index in [-0.39, 0.29) is 17.9 Å². The molecule has 1 aromatic heterocycles. The zero-order valence-electron chi connectivity index (χ0n) is 10.7. The summed E-state index contributed by atoms with van der Waals surface area (Å²) in [6.07, 6.45) is 2.91. The lowest BCUT2D eigenvalue weighted by Crippen LogP contribution is -2.30. The summed E-state index contributed by atoms with van der Waals surface area (Å²) in [5.41, 5.74) is 0.848. The van der Waals surface area contributed by atoms with Crippen LogP contribution < -0.4 is 5.32 Å². The molecule has 19 heavy (non-hydrogen) atoms. The van der Waals surface area contributed by atoms with Gasteiger partial charge in [-0.3, -0.25) is 4.79 Å². The van der Waals surface area contributed by atoms with Crippen molar-refractivity contribution in [2.75, 3.05) is 13.2 Å². The molecule has 0 unspecified atom stereocenters. The highest BCUT2D eigenvalue weighted by atomic mass is 16.3. The molecule has 1 aliphatic rings. The molecule has 0 radical (unpaired) electrons. The van der Waals surface area contributed by atoms with E-state index < -0.39 is 0 Å². The van der Waals surface area contributed by atoms with Gasteiger partial charge in [0, 0.05) is 18.5 Å². The number of aliphatic hydroxyl groups excluding tert-OH is 1. The molecule has 4 heteroatoms. The van der Waals surface area contributed by atoms with Gasteiger partial charge in [0.05, 0.1) is 0 Å². The summed E-state index contributed by atoms with van der Waals surface area (Å²) >= 11 is 0. The average molecular weight is 259 g/mol. The van der Waals surface area contributed by atoms with Crippen molar-refractivity contribution in [3.63, 3.8) is 0 Å². The minimum absolute atomic E-state index is 0.121. The predicted molar refractivity (Wildman–Crippen MR) is 71.9 cm³/mol. The lowest BCUT2D eigenvalue weighted by Gasteiger charge is -2.13. The first-order chi connectivity index (χ1) is 9.22. The lowest BCUT2D eigenvalue weighted by atomic mass is 10.0. The molecule has 0 bridgehead atoms. The first-order valence-electron chi connectivity index (χ1n) is 6.60. The Labute approximate surface area is 111 Å². The highest BCUT2D eigenvalue weighted by Crippen LogP contribution is 2.47. The number of rotatable bonds is 5. The van der Waals surface area contributed by atoms with Crippen LogP contribution in [0.1, 0.15) is 29.8 Å². The van der Waals surface area contributed by atoms with Gasteiger partial charge in [0.25, 0.3) is 5.91 Å². The molecule has 0 saturated heterocycles. The Kier molecular flexibility index (Phi) is 3.03. The van der Waals surface area contributed by atoms with Gasteiger partial charge < -0.3 is 14.8 Å². The number of carbonyl (C=O) groups excluding carboxylic acids is 1. The quantitative estimate of drug-likeness (QED) is 0.866. The first-order valence-corrected chi connectivity index (χ1v) is 6.60. The van der Waals surface area contributed by atoms with E-state index in [2.05, 4.69) is 5.32 Å². The van der Waals surface area contributed by atoms with Crippen molar-refractivity contribution in [3.8, 4) is 0 Å². The second kappa shape index (κ2) is 4.70. The number of benzene rings is 1. The molecule has 3 rings (SSSR count). The van der Waals surface area contributed by atoms with Gasteiger partial charge in [-0.15, -0.1) is 0 Å². The smallest absolute Gasteiger partial charge is 0.287 e. The van der Waals surface area contributed by atoms with Gasteiger partial charge in [-0.2, -0.15) is 0 Å². The molecular weight excluding hydrogens is 242 g/mol. The zero-order chi connectivity index (χ0) is 13.3. The van der Waals surface area contributed by atoms with Crippen LogP contribution in [0.5, 0.6) is 0 Å². The van der Waals surface area contributed by atoms with Crippen molar-refractivity contribution in [3.05, 3.63) is 36.1 Å². The number of fused-ring (bicyclic) bond motifs is 1. The molecule has 4 nitrogen and oxygen atoms in total. The van der Waals surface area contributed by atoms with E-state index in [0.717, 1.165) is 30.2 Å². The van der Waals surface area contributed by atoms with Crippen LogP contribution in [0, 0.1) is 5.41 Å². The van der Waals surface area contributed by atoms with Gasteiger partial charge in [0.2, 0.25) is 0 Å². The zero-order valence-corrected chi connectivity index (χ0v) is 10.7. The minimum atomic E-state index is -0.180. The molecule has 1 amide bonds. The molecule has 0 aliphatic heterocycles. The normalized spacial score (nSPS) is 16.5. The fourth-order valence-electron chi connectivity index (χ4n) is 2.38. The van der Waals surface area contributed by atoms with Crippen molar-refractivity contribution in [2.45, 2.75) is 19.3 Å². The second-order valence-corrected chi connectivity index (χ2v) is 5.30. The topological polar surface area (TPSA) is 62.5 Å². The highest BCUT2D eigenvalue weighted by Gasteiger charge is 2.42. The van der Waals surface area contributed by atoms with Gasteiger partial charge in [-0.25, -0.2) is 0 Å². The largest absolute Gasteiger partial charge is 0.451 e. The molecule has 2 aromatic rings. The van der Waals surface area contributed by atoms with Crippen molar-refractivity contribution in [1.29, 1.82) is 0 Å². The number of aliphatic hydroxyl groups is 1. The molecule has 2 N–H and O–H groups in total. The van der Waals surface area contributed by atoms with Crippen molar-refractivity contribution < 1.29 is 14.3 Å². The van der Waals surface area contributed by atoms with E-state index in [4.69, 9.17) is 9.52 Å². The molecule has 1 heterocycles. The Morgan fingerprint density at radius 3 is 2.84 bits per heavy atom. The van der Waals surface area contributed by atoms with Crippen LogP contribution in [0.2, 0.25) is 0 Å². The van der Waals surface area contributed by atoms with Crippen LogP contribution in [0.4, 0.5) is 0 Å². The Morgan fingerprint density at radius 2 is 2.16 bits per heavy atom. The van der Waals surface area contributed by atoms with Crippen molar-refractivity contribution >= 4 is 16.9 Å². The van der Waals surface area contributed by atoms with Crippen LogP contribution in [0.3, 0.4) is 0 Å². The van der Waals surface area contributed by atoms with E-state index in [9.17, 15) is 4.79 Å². The van der Waals surface area contributed by atoms with E-state index in [1.165, 1.54) is 0 Å². The third kappa shape index (κ3) is 2.49. The molecule has 1 saturated carbocycles. The summed E-state index contributed by atoms with van der Waals surface area (Å²) in [5, 5.41) is 12.8. The average Bonchev–Trinajstić information content (AvgIpc) is 3.04. The number of para-hydroxylation sites is 1. The maximum Gasteiger partial charge on any atom is 0.287 e. The number of carbonyl (C=O) groups is 1. The van der Waals surface area contributed by atoms with Crippen LogP contribution in [0.25, 0.3) is 11.0 Å². The summed E-state index contributed by atoms with van der Waals surface area (Å²) in [7, 11) is 0. The second-order valence-electron chi connectivity index (χ2n) is 5.30. The Bertz CT molecular complexity index is 565. The van der Waals surface area contributed by atoms with Gasteiger partial charge >= 0.3 is 0 Å². The third-order valence-corrected chi connectivity index (χ3v) is 3.87. The van der Waals surface area contributed by atoms with Crippen LogP contribution in [-0.4, -0.2) is 24.2 Å². The van der Waals surface area contributed by atoms with Crippen molar-refractivity contribution in [1.82, 2.24) is 5.32 Å². The minimum Gasteiger partial charge on any atom is -0.451 e. The van der Waals surface area contributed by atoms with Crippen LogP contribution >= 0.6 is 0 Å². The summed E-state index contributed by atoms with van der Waals surface area (Å²) in [4.78, 5) is 12.0. The van der Waals surface area contributed by atoms with E-state index in [1.54, 1.807) is 6.07 Å². The fourth-order valence-corrected chi connectivity index (χ4v) is 2.38. The Hall–Kier alpha value is -1.81. The van der Waals surface area contributed by atoms with Crippen LogP contribution in [0.15, 0.2) is 34.7 Å². The molecule has 1 fully saturated rings. The molecule has 1 aliphatic carbocycles. The number of furan rings is 1. The summed E-state index contributed by atoms with van der Waals surface area (Å²) in [6, 6.07) is 9.33. The van der Waals surface area contributed by atoms with Crippen molar-refractivity contribution in [2.24, 2.45) is 5.41 Å². The molecular formula is C15H17NO3. The van der Waals surface area contributed by atoms with E-state index >= 15 is 0 Å². The molecule has 0 spiro atoms. The number of amides is 1. The van der Waals surface area contributed by atoms with E-state index in [0.29, 0.717) is 12.3 Å². The van der Waals surface area contributed by atoms with Gasteiger partial charge in [-0.05, 0) is 36.8 Å². The maximum atomic E-state index is 12.0. The number of nitrogens with one attached hydrogen (secondary N) is 1. The Balaban J connectivity index is 1.67. The highest BCUT2D eigenvalue weighted by molar-refractivity contribution is 5.96. The fraction of sp³-hybridized carbons (Fsp3) is 0.400. The standard InChI is InChI=1S/C15H17NO3/c17-8-7-15(5-6-15)10-16-14(18)13-9-11-3-1-2-4-12(11)19-13/h1-4,9,17H,5-8,10H2,(H,16,18). The molecule has 1 aromatic carbocycles. The predicted octanol–water partition coefficient (Wildman–Crippen LogP) is 2.33. The number of hydrogen-bond donors (Lipinski definition) is 2. The molecule has 0 atom stereocenters. The SMILES string of the molecule is O=C(NCC1(CCO)CC1)c1cc2ccccc2o1.